The standard InChI is InChI=1S/C28H36N2O7/c1-28(2,3)37-26(32)29-24(25(31)34-4)18-20-10-12-22(13-11-20)36-23-14-16-30(17-15-23)27(33)35-19-21-8-6-5-7-9-21/h5-13,23-24H,14-19H2,1-4H3,(H,29,32)/t24-/m0/s1. The van der Waals surface area contributed by atoms with Crippen molar-refractivity contribution in [3.05, 3.63) is 65.7 Å². The number of benzene rings is 2. The van der Waals surface area contributed by atoms with Gasteiger partial charge in [0.2, 0.25) is 0 Å². The number of ether oxygens (including phenoxy) is 4. The van der Waals surface area contributed by atoms with Crippen molar-refractivity contribution in [2.24, 2.45) is 0 Å². The first-order valence-electron chi connectivity index (χ1n) is 12.4. The molecule has 2 amide bonds. The second-order valence-corrected chi connectivity index (χ2v) is 9.91. The molecule has 3 rings (SSSR count). The molecular weight excluding hydrogens is 476 g/mol. The topological polar surface area (TPSA) is 103 Å². The van der Waals surface area contributed by atoms with E-state index in [1.807, 2.05) is 54.6 Å². The summed E-state index contributed by atoms with van der Waals surface area (Å²) in [6.45, 7) is 6.63. The molecule has 0 unspecified atom stereocenters. The van der Waals surface area contributed by atoms with E-state index in [0.29, 0.717) is 31.7 Å². The Hall–Kier alpha value is -3.75. The maximum Gasteiger partial charge on any atom is 0.410 e. The third kappa shape index (κ3) is 9.33. The van der Waals surface area contributed by atoms with Crippen LogP contribution >= 0.6 is 0 Å². The van der Waals surface area contributed by atoms with Gasteiger partial charge in [0.15, 0.2) is 0 Å². The zero-order chi connectivity index (χ0) is 26.8. The van der Waals surface area contributed by atoms with Gasteiger partial charge in [0, 0.05) is 32.4 Å². The van der Waals surface area contributed by atoms with Crippen molar-refractivity contribution in [2.45, 2.75) is 64.4 Å². The molecule has 0 aliphatic carbocycles. The normalized spacial score (nSPS) is 14.9. The number of hydrogen-bond acceptors (Lipinski definition) is 7. The molecule has 1 aliphatic heterocycles. The molecule has 0 bridgehead atoms. The Morgan fingerprint density at radius 1 is 0.973 bits per heavy atom. The van der Waals surface area contributed by atoms with E-state index in [2.05, 4.69) is 5.32 Å². The number of carbonyl (C=O) groups is 3. The predicted molar refractivity (Wildman–Crippen MR) is 137 cm³/mol. The Labute approximate surface area is 218 Å². The molecule has 0 saturated carbocycles. The molecule has 200 valence electrons. The Kier molecular flexibility index (Phi) is 9.77. The average molecular weight is 513 g/mol. The Morgan fingerprint density at radius 2 is 1.62 bits per heavy atom. The van der Waals surface area contributed by atoms with Crippen LogP contribution in [-0.2, 0) is 32.0 Å². The summed E-state index contributed by atoms with van der Waals surface area (Å²) < 4.78 is 21.6. The number of likely N-dealkylation sites (tertiary alicyclic amines) is 1. The van der Waals surface area contributed by atoms with E-state index < -0.39 is 23.7 Å². The molecule has 9 nitrogen and oxygen atoms in total. The van der Waals surface area contributed by atoms with Crippen molar-refractivity contribution >= 4 is 18.2 Å². The van der Waals surface area contributed by atoms with E-state index in [0.717, 1.165) is 11.1 Å². The number of piperidine rings is 1. The summed E-state index contributed by atoms with van der Waals surface area (Å²) in [5.41, 5.74) is 1.10. The number of amides is 2. The van der Waals surface area contributed by atoms with Gasteiger partial charge in [-0.3, -0.25) is 0 Å². The summed E-state index contributed by atoms with van der Waals surface area (Å²) in [4.78, 5) is 38.4. The van der Waals surface area contributed by atoms with Gasteiger partial charge in [0.1, 0.15) is 30.1 Å². The molecule has 0 radical (unpaired) electrons. The summed E-state index contributed by atoms with van der Waals surface area (Å²) in [6.07, 6.45) is 0.639. The molecule has 37 heavy (non-hydrogen) atoms. The number of rotatable bonds is 8. The molecule has 9 heteroatoms. The van der Waals surface area contributed by atoms with Crippen molar-refractivity contribution in [2.75, 3.05) is 20.2 Å². The molecule has 1 fully saturated rings. The number of hydrogen-bond donors (Lipinski definition) is 1. The number of esters is 1. The lowest BCUT2D eigenvalue weighted by atomic mass is 10.1. The van der Waals surface area contributed by atoms with Crippen LogP contribution in [0, 0.1) is 0 Å². The van der Waals surface area contributed by atoms with E-state index in [1.54, 1.807) is 25.7 Å². The highest BCUT2D eigenvalue weighted by Crippen LogP contribution is 2.21. The lowest BCUT2D eigenvalue weighted by molar-refractivity contribution is -0.143. The van der Waals surface area contributed by atoms with Gasteiger partial charge in [0.05, 0.1) is 7.11 Å². The second-order valence-electron chi connectivity index (χ2n) is 9.91. The fraction of sp³-hybridized carbons (Fsp3) is 0.464. The van der Waals surface area contributed by atoms with Crippen LogP contribution in [0.2, 0.25) is 0 Å². The molecular formula is C28H36N2O7. The molecule has 2 aromatic carbocycles. The molecule has 1 aliphatic rings. The van der Waals surface area contributed by atoms with Gasteiger partial charge in [-0.15, -0.1) is 0 Å². The Bertz CT molecular complexity index is 1030. The Balaban J connectivity index is 1.45. The summed E-state index contributed by atoms with van der Waals surface area (Å²) in [6, 6.07) is 16.1. The van der Waals surface area contributed by atoms with E-state index in [4.69, 9.17) is 18.9 Å². The number of carbonyl (C=O) groups excluding carboxylic acids is 3. The van der Waals surface area contributed by atoms with Gasteiger partial charge < -0.3 is 29.2 Å². The van der Waals surface area contributed by atoms with Gasteiger partial charge >= 0.3 is 18.2 Å². The van der Waals surface area contributed by atoms with Crippen LogP contribution in [0.5, 0.6) is 5.75 Å². The van der Waals surface area contributed by atoms with E-state index in [-0.39, 0.29) is 25.2 Å². The van der Waals surface area contributed by atoms with Crippen LogP contribution in [0.4, 0.5) is 9.59 Å². The lowest BCUT2D eigenvalue weighted by Gasteiger charge is -2.31. The van der Waals surface area contributed by atoms with Crippen LogP contribution in [0.15, 0.2) is 54.6 Å². The largest absolute Gasteiger partial charge is 0.490 e. The van der Waals surface area contributed by atoms with Crippen LogP contribution in [0.3, 0.4) is 0 Å². The SMILES string of the molecule is COC(=O)[C@H](Cc1ccc(OC2CCN(C(=O)OCc3ccccc3)CC2)cc1)NC(=O)OC(C)(C)C. The lowest BCUT2D eigenvalue weighted by Crippen LogP contribution is -2.45. The average Bonchev–Trinajstić information content (AvgIpc) is 2.87. The van der Waals surface area contributed by atoms with Gasteiger partial charge in [-0.2, -0.15) is 0 Å². The highest BCUT2D eigenvalue weighted by atomic mass is 16.6. The fourth-order valence-electron chi connectivity index (χ4n) is 3.88. The van der Waals surface area contributed by atoms with E-state index in [1.165, 1.54) is 7.11 Å². The summed E-state index contributed by atoms with van der Waals surface area (Å²) in [5, 5.41) is 2.58. The van der Waals surface area contributed by atoms with Crippen LogP contribution < -0.4 is 10.1 Å². The molecule has 2 aromatic rings. The van der Waals surface area contributed by atoms with Crippen LogP contribution in [0.25, 0.3) is 0 Å². The highest BCUT2D eigenvalue weighted by Gasteiger charge is 2.26. The smallest absolute Gasteiger partial charge is 0.410 e. The fourth-order valence-corrected chi connectivity index (χ4v) is 3.88. The van der Waals surface area contributed by atoms with Crippen molar-refractivity contribution in [1.29, 1.82) is 0 Å². The summed E-state index contributed by atoms with van der Waals surface area (Å²) in [5.74, 6) is 0.142. The van der Waals surface area contributed by atoms with Gasteiger partial charge in [-0.25, -0.2) is 14.4 Å². The second kappa shape index (κ2) is 13.0. The number of methoxy groups -OCH3 is 1. The highest BCUT2D eigenvalue weighted by molar-refractivity contribution is 5.81. The molecule has 0 spiro atoms. The van der Waals surface area contributed by atoms with Crippen molar-refractivity contribution in [3.8, 4) is 5.75 Å². The first kappa shape index (κ1) is 27.8. The number of nitrogens with one attached hydrogen (secondary N) is 1. The molecule has 1 saturated heterocycles. The maximum atomic E-state index is 12.4. The van der Waals surface area contributed by atoms with Gasteiger partial charge in [-0.05, 0) is 44.0 Å². The molecule has 0 aromatic heterocycles. The summed E-state index contributed by atoms with van der Waals surface area (Å²) in [7, 11) is 1.28. The molecule has 1 N–H and O–H groups in total. The molecule has 1 heterocycles. The zero-order valence-electron chi connectivity index (χ0n) is 21.9. The predicted octanol–water partition coefficient (Wildman–Crippen LogP) is 4.48. The van der Waals surface area contributed by atoms with Gasteiger partial charge in [0.25, 0.3) is 0 Å². The Morgan fingerprint density at radius 3 is 2.22 bits per heavy atom. The number of alkyl carbamates (subject to hydrolysis) is 1. The monoisotopic (exact) mass is 512 g/mol. The van der Waals surface area contributed by atoms with E-state index in [9.17, 15) is 14.4 Å². The minimum absolute atomic E-state index is 0.0133. The third-order valence-electron chi connectivity index (χ3n) is 5.75. The van der Waals surface area contributed by atoms with Crippen LogP contribution in [-0.4, -0.2) is 61.0 Å². The zero-order valence-corrected chi connectivity index (χ0v) is 21.9. The van der Waals surface area contributed by atoms with Gasteiger partial charge in [-0.1, -0.05) is 42.5 Å². The minimum Gasteiger partial charge on any atom is -0.490 e. The quantitative estimate of drug-likeness (QED) is 0.411. The first-order chi connectivity index (χ1) is 17.6. The third-order valence-corrected chi connectivity index (χ3v) is 5.75. The number of nitrogens with zero attached hydrogens (tertiary/aromatic N) is 1. The van der Waals surface area contributed by atoms with E-state index >= 15 is 0 Å². The van der Waals surface area contributed by atoms with Crippen molar-refractivity contribution in [1.82, 2.24) is 10.2 Å². The molecule has 1 atom stereocenters. The van der Waals surface area contributed by atoms with Crippen molar-refractivity contribution in [3.63, 3.8) is 0 Å². The minimum atomic E-state index is -0.877. The summed E-state index contributed by atoms with van der Waals surface area (Å²) >= 11 is 0. The maximum absolute atomic E-state index is 12.4. The first-order valence-corrected chi connectivity index (χ1v) is 12.4. The van der Waals surface area contributed by atoms with Crippen molar-refractivity contribution < 1.29 is 33.3 Å². The van der Waals surface area contributed by atoms with Crippen LogP contribution in [0.1, 0.15) is 44.7 Å².